The van der Waals surface area contributed by atoms with Crippen molar-refractivity contribution in [3.8, 4) is 5.75 Å². The molecule has 1 aliphatic heterocycles. The molecule has 0 fully saturated rings. The number of ether oxygens (including phenoxy) is 2. The Balaban J connectivity index is 2.21. The molecule has 1 aromatic heterocycles. The van der Waals surface area contributed by atoms with Crippen molar-refractivity contribution in [2.75, 3.05) is 12.0 Å². The van der Waals surface area contributed by atoms with Crippen molar-refractivity contribution in [2.24, 2.45) is 0 Å². The number of methoxy groups -OCH3 is 1. The summed E-state index contributed by atoms with van der Waals surface area (Å²) < 4.78 is 10.5. The van der Waals surface area contributed by atoms with Crippen molar-refractivity contribution >= 4 is 23.5 Å². The Hall–Kier alpha value is -3.49. The molecule has 140 valence electrons. The van der Waals surface area contributed by atoms with Gasteiger partial charge in [-0.25, -0.2) is 4.79 Å². The van der Waals surface area contributed by atoms with Crippen LogP contribution < -0.4 is 9.64 Å². The second-order valence-corrected chi connectivity index (χ2v) is 5.81. The number of nitro groups is 1. The van der Waals surface area contributed by atoms with Crippen LogP contribution in [0.5, 0.6) is 5.75 Å². The predicted molar refractivity (Wildman–Crippen MR) is 94.3 cm³/mol. The number of rotatable bonds is 5. The fourth-order valence-electron chi connectivity index (χ4n) is 2.90. The lowest BCUT2D eigenvalue weighted by Gasteiger charge is -2.34. The first-order chi connectivity index (χ1) is 13.0. The second-order valence-electron chi connectivity index (χ2n) is 5.81. The molecule has 0 N–H and O–H groups in total. The quantitative estimate of drug-likeness (QED) is 0.451. The first-order valence-electron chi connectivity index (χ1n) is 8.25. The number of hydrogen-bond acceptors (Lipinski definition) is 7. The van der Waals surface area contributed by atoms with Crippen LogP contribution in [-0.2, 0) is 14.3 Å². The summed E-state index contributed by atoms with van der Waals surface area (Å²) >= 11 is 0. The summed E-state index contributed by atoms with van der Waals surface area (Å²) in [5.74, 6) is -1.56. The van der Waals surface area contributed by atoms with Crippen molar-refractivity contribution in [1.29, 1.82) is 0 Å². The largest absolute Gasteiger partial charge is 0.474 e. The summed E-state index contributed by atoms with van der Waals surface area (Å²) in [6.07, 6.45) is -0.481. The molecule has 0 saturated carbocycles. The summed E-state index contributed by atoms with van der Waals surface area (Å²) in [6.45, 7) is 1.76. The summed E-state index contributed by atoms with van der Waals surface area (Å²) in [5.41, 5.74) is 0.494. The third-order valence-electron chi connectivity index (χ3n) is 4.19. The van der Waals surface area contributed by atoms with E-state index in [1.807, 2.05) is 0 Å². The molecule has 2 heterocycles. The summed E-state index contributed by atoms with van der Waals surface area (Å²) in [5, 5.41) is 11.1. The second kappa shape index (κ2) is 7.40. The molecule has 1 aromatic carbocycles. The van der Waals surface area contributed by atoms with Crippen LogP contribution in [0.2, 0.25) is 0 Å². The van der Waals surface area contributed by atoms with E-state index in [4.69, 9.17) is 9.47 Å². The van der Waals surface area contributed by atoms with Gasteiger partial charge >= 0.3 is 11.8 Å². The molecule has 0 aliphatic carbocycles. The smallest absolute Gasteiger partial charge is 0.366 e. The lowest BCUT2D eigenvalue weighted by Crippen LogP contribution is -2.50. The zero-order valence-corrected chi connectivity index (χ0v) is 14.7. The molecule has 9 heteroatoms. The monoisotopic (exact) mass is 371 g/mol. The minimum Gasteiger partial charge on any atom is -0.474 e. The highest BCUT2D eigenvalue weighted by molar-refractivity contribution is 6.04. The van der Waals surface area contributed by atoms with E-state index >= 15 is 0 Å². The number of hydrogen-bond donors (Lipinski definition) is 0. The fourth-order valence-corrected chi connectivity index (χ4v) is 2.90. The van der Waals surface area contributed by atoms with E-state index in [2.05, 4.69) is 4.98 Å². The van der Waals surface area contributed by atoms with Gasteiger partial charge in [0, 0.05) is 6.07 Å². The van der Waals surface area contributed by atoms with E-state index in [0.29, 0.717) is 12.0 Å². The maximum absolute atomic E-state index is 13.0. The third-order valence-corrected chi connectivity index (χ3v) is 4.19. The number of benzene rings is 1. The van der Waals surface area contributed by atoms with Gasteiger partial charge in [0.15, 0.2) is 17.9 Å². The third kappa shape index (κ3) is 3.31. The van der Waals surface area contributed by atoms with E-state index in [1.165, 1.54) is 19.2 Å². The van der Waals surface area contributed by atoms with Crippen LogP contribution >= 0.6 is 0 Å². The highest BCUT2D eigenvalue weighted by Gasteiger charge is 2.45. The van der Waals surface area contributed by atoms with Crippen LogP contribution in [0.4, 0.5) is 11.6 Å². The maximum Gasteiger partial charge on any atom is 0.366 e. The van der Waals surface area contributed by atoms with Crippen molar-refractivity contribution in [1.82, 2.24) is 4.98 Å². The van der Waals surface area contributed by atoms with Crippen molar-refractivity contribution in [3.05, 3.63) is 58.1 Å². The Morgan fingerprint density at radius 3 is 2.63 bits per heavy atom. The molecule has 3 rings (SSSR count). The minimum absolute atomic E-state index is 0.0850. The van der Waals surface area contributed by atoms with Gasteiger partial charge in [0.1, 0.15) is 0 Å². The number of esters is 1. The number of carbonyl (C=O) groups is 2. The molecule has 2 aromatic rings. The fraction of sp³-hybridized carbons (Fsp3) is 0.278. The number of aromatic nitrogens is 1. The zero-order valence-electron chi connectivity index (χ0n) is 14.7. The Morgan fingerprint density at radius 2 is 2.04 bits per heavy atom. The molecule has 0 radical (unpaired) electrons. The van der Waals surface area contributed by atoms with E-state index in [1.54, 1.807) is 37.3 Å². The maximum atomic E-state index is 13.0. The number of fused-ring (bicyclic) bond motifs is 1. The molecule has 1 aliphatic rings. The Labute approximate surface area is 154 Å². The Bertz CT molecular complexity index is 886. The lowest BCUT2D eigenvalue weighted by molar-refractivity contribution is -0.389. The normalized spacial score (nSPS) is 16.9. The molecular weight excluding hydrogens is 354 g/mol. The van der Waals surface area contributed by atoms with Crippen LogP contribution in [0.15, 0.2) is 42.5 Å². The van der Waals surface area contributed by atoms with Gasteiger partial charge in [-0.15, -0.1) is 0 Å². The minimum atomic E-state index is -1.14. The van der Waals surface area contributed by atoms with Crippen LogP contribution in [0.3, 0.4) is 0 Å². The van der Waals surface area contributed by atoms with E-state index in [-0.39, 0.29) is 11.6 Å². The molecule has 9 nitrogen and oxygen atoms in total. The van der Waals surface area contributed by atoms with Crippen molar-refractivity contribution in [2.45, 2.75) is 25.5 Å². The first kappa shape index (κ1) is 18.3. The first-order valence-corrected chi connectivity index (χ1v) is 8.25. The lowest BCUT2D eigenvalue weighted by atomic mass is 10.0. The van der Waals surface area contributed by atoms with E-state index in [9.17, 15) is 19.7 Å². The van der Waals surface area contributed by atoms with Crippen LogP contribution in [0, 0.1) is 10.1 Å². The summed E-state index contributed by atoms with van der Waals surface area (Å²) in [7, 11) is 1.21. The van der Waals surface area contributed by atoms with Gasteiger partial charge in [-0.1, -0.05) is 37.3 Å². The standard InChI is InChI=1S/C18H17N3O6/c1-3-12-17(22)20(15(18(23)26-2)11-7-5-4-6-8-11)16-13(27-12)9-10-14(19-16)21(24)25/h4-10,12,15H,3H2,1-2H3. The van der Waals surface area contributed by atoms with Gasteiger partial charge < -0.3 is 19.6 Å². The Kier molecular flexibility index (Phi) is 5.02. The zero-order chi connectivity index (χ0) is 19.6. The van der Waals surface area contributed by atoms with Gasteiger partial charge in [-0.2, -0.15) is 0 Å². The molecule has 0 bridgehead atoms. The topological polar surface area (TPSA) is 112 Å². The molecule has 27 heavy (non-hydrogen) atoms. The molecular formula is C18H17N3O6. The number of nitrogens with zero attached hydrogens (tertiary/aromatic N) is 3. The number of anilines is 1. The highest BCUT2D eigenvalue weighted by atomic mass is 16.6. The van der Waals surface area contributed by atoms with E-state index in [0.717, 1.165) is 4.90 Å². The van der Waals surface area contributed by atoms with Crippen molar-refractivity contribution in [3.63, 3.8) is 0 Å². The average molecular weight is 371 g/mol. The molecule has 2 unspecified atom stereocenters. The molecule has 1 amide bonds. The van der Waals surface area contributed by atoms with Crippen LogP contribution in [-0.4, -0.2) is 35.0 Å². The number of carbonyl (C=O) groups excluding carboxylic acids is 2. The molecule has 0 saturated heterocycles. The molecule has 0 spiro atoms. The van der Waals surface area contributed by atoms with Gasteiger partial charge in [0.2, 0.25) is 0 Å². The Morgan fingerprint density at radius 1 is 1.33 bits per heavy atom. The van der Waals surface area contributed by atoms with Crippen LogP contribution in [0.1, 0.15) is 24.9 Å². The predicted octanol–water partition coefficient (Wildman–Crippen LogP) is 2.41. The number of amides is 1. The van der Waals surface area contributed by atoms with Gasteiger partial charge in [-0.3, -0.25) is 9.69 Å². The molecule has 2 atom stereocenters. The van der Waals surface area contributed by atoms with Gasteiger partial charge in [0.25, 0.3) is 11.7 Å². The van der Waals surface area contributed by atoms with Gasteiger partial charge in [0.05, 0.1) is 7.11 Å². The highest BCUT2D eigenvalue weighted by Crippen LogP contribution is 2.40. The van der Waals surface area contributed by atoms with Gasteiger partial charge in [-0.05, 0) is 28.0 Å². The summed E-state index contributed by atoms with van der Waals surface area (Å²) in [4.78, 5) is 41.1. The van der Waals surface area contributed by atoms with Crippen molar-refractivity contribution < 1.29 is 24.0 Å². The average Bonchev–Trinajstić information content (AvgIpc) is 2.69. The summed E-state index contributed by atoms with van der Waals surface area (Å²) in [6, 6.07) is 9.96. The van der Waals surface area contributed by atoms with Crippen LogP contribution in [0.25, 0.3) is 0 Å². The SMILES string of the molecule is CCC1Oc2ccc([N+](=O)[O-])nc2N(C(C(=O)OC)c2ccccc2)C1=O. The van der Waals surface area contributed by atoms with E-state index < -0.39 is 34.8 Å². The number of pyridine rings is 1.